The van der Waals surface area contributed by atoms with Gasteiger partial charge in [-0.25, -0.2) is 0 Å². The molecule has 1 aromatic rings. The second kappa shape index (κ2) is 9.02. The van der Waals surface area contributed by atoms with Crippen molar-refractivity contribution < 1.29 is 34.7 Å². The van der Waals surface area contributed by atoms with Crippen LogP contribution >= 0.6 is 0 Å². The summed E-state index contributed by atoms with van der Waals surface area (Å²) in [5.41, 5.74) is 1.29. The Balaban J connectivity index is 0.00000256. The minimum absolute atomic E-state index is 0. The van der Waals surface area contributed by atoms with Gasteiger partial charge >= 0.3 is 29.6 Å². The number of hydrogen-bond donors (Lipinski definition) is 0. The van der Waals surface area contributed by atoms with Crippen molar-refractivity contribution in [3.63, 3.8) is 0 Å². The molecule has 0 bridgehead atoms. The van der Waals surface area contributed by atoms with Gasteiger partial charge in [0.05, 0.1) is 0 Å². The first-order valence-electron chi connectivity index (χ1n) is 6.34. The summed E-state index contributed by atoms with van der Waals surface area (Å²) in [6, 6.07) is 7.24. The van der Waals surface area contributed by atoms with Gasteiger partial charge in [0.15, 0.2) is 0 Å². The van der Waals surface area contributed by atoms with Gasteiger partial charge in [-0.2, -0.15) is 0 Å². The molecule has 0 fully saturated rings. The second-order valence-electron chi connectivity index (χ2n) is 5.28. The third-order valence-corrected chi connectivity index (χ3v) is 2.99. The molecule has 0 radical (unpaired) electrons. The molecule has 0 amide bonds. The first kappa shape index (κ1) is 17.0. The van der Waals surface area contributed by atoms with Gasteiger partial charge in [0, 0.05) is 0 Å². The van der Waals surface area contributed by atoms with Crippen LogP contribution in [0.3, 0.4) is 0 Å². The van der Waals surface area contributed by atoms with Gasteiger partial charge in [-0.05, 0) is 23.8 Å². The van der Waals surface area contributed by atoms with Gasteiger partial charge < -0.3 is 5.11 Å². The molecule has 0 spiro atoms. The second-order valence-corrected chi connectivity index (χ2v) is 5.28. The van der Waals surface area contributed by atoms with E-state index in [4.69, 9.17) is 0 Å². The predicted octanol–water partition coefficient (Wildman–Crippen LogP) is 0.769. The number of hydrogen-bond acceptors (Lipinski definition) is 1. The van der Waals surface area contributed by atoms with Gasteiger partial charge in [0.25, 0.3) is 0 Å². The Morgan fingerprint density at radius 1 is 1.00 bits per heavy atom. The zero-order valence-electron chi connectivity index (χ0n) is 11.7. The van der Waals surface area contributed by atoms with Crippen LogP contribution in [0, 0.1) is 11.8 Å². The summed E-state index contributed by atoms with van der Waals surface area (Å²) >= 11 is 0. The normalized spacial score (nSPS) is 12.2. The van der Waals surface area contributed by atoms with Crippen LogP contribution in [0.1, 0.15) is 45.6 Å². The molecule has 1 nitrogen and oxygen atoms in total. The molecule has 1 unspecified atom stereocenters. The standard InChI is InChI=1S/C15H24O.Na/c1-12(2)5-4-6-13(3)11-14-7-9-15(16)10-8-14;/h7-10,12-13,16H,4-6,11H2,1-3H3;/q;+1/p-1. The third kappa shape index (κ3) is 7.86. The van der Waals surface area contributed by atoms with Crippen molar-refractivity contribution >= 4 is 0 Å². The Labute approximate surface area is 128 Å². The van der Waals surface area contributed by atoms with Crippen molar-refractivity contribution in [3.05, 3.63) is 29.8 Å². The zero-order valence-corrected chi connectivity index (χ0v) is 13.7. The van der Waals surface area contributed by atoms with E-state index in [1.807, 2.05) is 12.1 Å². The van der Waals surface area contributed by atoms with Crippen LogP contribution in [-0.4, -0.2) is 0 Å². The van der Waals surface area contributed by atoms with E-state index in [1.165, 1.54) is 24.8 Å². The molecule has 0 saturated carbocycles. The summed E-state index contributed by atoms with van der Waals surface area (Å²) < 4.78 is 0. The van der Waals surface area contributed by atoms with Crippen LogP contribution in [-0.2, 0) is 6.42 Å². The van der Waals surface area contributed by atoms with Gasteiger partial charge in [-0.1, -0.05) is 64.3 Å². The molecule has 1 atom stereocenters. The van der Waals surface area contributed by atoms with Crippen LogP contribution in [0.5, 0.6) is 5.75 Å². The van der Waals surface area contributed by atoms with Crippen molar-refractivity contribution in [1.29, 1.82) is 0 Å². The third-order valence-electron chi connectivity index (χ3n) is 2.99. The monoisotopic (exact) mass is 242 g/mol. The maximum absolute atomic E-state index is 11.0. The van der Waals surface area contributed by atoms with Gasteiger partial charge in [-0.3, -0.25) is 0 Å². The molecule has 0 aliphatic carbocycles. The summed E-state index contributed by atoms with van der Waals surface area (Å²) in [6.07, 6.45) is 5.03. The van der Waals surface area contributed by atoms with Crippen molar-refractivity contribution in [1.82, 2.24) is 0 Å². The molecule has 2 heteroatoms. The molecule has 1 aromatic carbocycles. The molecule has 17 heavy (non-hydrogen) atoms. The van der Waals surface area contributed by atoms with Crippen LogP contribution in [0.15, 0.2) is 24.3 Å². The van der Waals surface area contributed by atoms with Crippen molar-refractivity contribution in [2.45, 2.75) is 46.5 Å². The van der Waals surface area contributed by atoms with Gasteiger partial charge in [0.1, 0.15) is 0 Å². The van der Waals surface area contributed by atoms with E-state index in [0.717, 1.165) is 18.3 Å². The van der Waals surface area contributed by atoms with E-state index in [9.17, 15) is 5.11 Å². The smallest absolute Gasteiger partial charge is 0.872 e. The van der Waals surface area contributed by atoms with E-state index in [-0.39, 0.29) is 35.3 Å². The first-order valence-corrected chi connectivity index (χ1v) is 6.34. The maximum atomic E-state index is 11.0. The summed E-state index contributed by atoms with van der Waals surface area (Å²) in [5.74, 6) is 1.64. The molecule has 0 aliphatic heterocycles. The fourth-order valence-electron chi connectivity index (χ4n) is 2.00. The van der Waals surface area contributed by atoms with E-state index < -0.39 is 0 Å². The van der Waals surface area contributed by atoms with Crippen LogP contribution in [0.25, 0.3) is 0 Å². The molecule has 90 valence electrons. The fourth-order valence-corrected chi connectivity index (χ4v) is 2.00. The Kier molecular flexibility index (Phi) is 9.03. The Hall–Kier alpha value is 0.0200. The number of rotatable bonds is 6. The average molecular weight is 242 g/mol. The largest absolute Gasteiger partial charge is 1.00 e. The molecular weight excluding hydrogens is 219 g/mol. The van der Waals surface area contributed by atoms with Gasteiger partial charge in [-0.15, -0.1) is 5.75 Å². The van der Waals surface area contributed by atoms with Crippen LogP contribution in [0.4, 0.5) is 0 Å². The first-order chi connectivity index (χ1) is 7.58. The van der Waals surface area contributed by atoms with Crippen molar-refractivity contribution in [2.24, 2.45) is 11.8 Å². The molecule has 1 rings (SSSR count). The average Bonchev–Trinajstić information content (AvgIpc) is 2.21. The minimum atomic E-state index is 0. The summed E-state index contributed by atoms with van der Waals surface area (Å²) in [6.45, 7) is 6.85. The van der Waals surface area contributed by atoms with Crippen LogP contribution in [0.2, 0.25) is 0 Å². The Bertz CT molecular complexity index is 292. The van der Waals surface area contributed by atoms with Gasteiger partial charge in [0.2, 0.25) is 0 Å². The van der Waals surface area contributed by atoms with E-state index in [0.29, 0.717) is 0 Å². The van der Waals surface area contributed by atoms with E-state index >= 15 is 0 Å². The Morgan fingerprint density at radius 2 is 1.59 bits per heavy atom. The van der Waals surface area contributed by atoms with Crippen molar-refractivity contribution in [3.8, 4) is 5.75 Å². The number of benzene rings is 1. The molecule has 0 N–H and O–H groups in total. The minimum Gasteiger partial charge on any atom is -0.872 e. The summed E-state index contributed by atoms with van der Waals surface area (Å²) in [5, 5.41) is 11.0. The van der Waals surface area contributed by atoms with E-state index in [2.05, 4.69) is 20.8 Å². The SMILES string of the molecule is CC(C)CCCC(C)Cc1ccc([O-])cc1.[Na+]. The fraction of sp³-hybridized carbons (Fsp3) is 0.600. The van der Waals surface area contributed by atoms with E-state index in [1.54, 1.807) is 12.1 Å². The summed E-state index contributed by atoms with van der Waals surface area (Å²) in [7, 11) is 0. The Morgan fingerprint density at radius 3 is 2.12 bits per heavy atom. The topological polar surface area (TPSA) is 23.1 Å². The molecule has 0 aliphatic rings. The summed E-state index contributed by atoms with van der Waals surface area (Å²) in [4.78, 5) is 0. The molecular formula is C15H23NaO. The molecule has 0 heterocycles. The molecule has 0 saturated heterocycles. The predicted molar refractivity (Wildman–Crippen MR) is 67.4 cm³/mol. The quantitative estimate of drug-likeness (QED) is 0.676. The van der Waals surface area contributed by atoms with Crippen LogP contribution < -0.4 is 34.7 Å². The van der Waals surface area contributed by atoms with Crippen molar-refractivity contribution in [2.75, 3.05) is 0 Å². The zero-order chi connectivity index (χ0) is 12.0. The maximum Gasteiger partial charge on any atom is 1.00 e. The molecule has 0 aromatic heterocycles.